The van der Waals surface area contributed by atoms with Crippen LogP contribution in [0.25, 0.3) is 33.1 Å². The van der Waals surface area contributed by atoms with E-state index in [-0.39, 0.29) is 23.5 Å². The van der Waals surface area contributed by atoms with Gasteiger partial charge in [-0.15, -0.1) is 10.2 Å². The summed E-state index contributed by atoms with van der Waals surface area (Å²) in [7, 11) is 0. The summed E-state index contributed by atoms with van der Waals surface area (Å²) in [5.74, 6) is 0.676. The first-order valence-corrected chi connectivity index (χ1v) is 16.4. The molecule has 230 valence electrons. The molecular weight excluding hydrogens is 589 g/mol. The summed E-state index contributed by atoms with van der Waals surface area (Å²) >= 11 is 1.52. The summed E-state index contributed by atoms with van der Waals surface area (Å²) in [5.41, 5.74) is 5.71. The number of carbonyl (C=O) groups excluding carboxylic acids is 1. The van der Waals surface area contributed by atoms with Crippen LogP contribution in [0.2, 0.25) is 0 Å². The van der Waals surface area contributed by atoms with Crippen LogP contribution in [0.4, 0.5) is 4.39 Å². The van der Waals surface area contributed by atoms with Crippen LogP contribution < -0.4 is 5.69 Å². The molecule has 0 radical (unpaired) electrons. The molecule has 1 fully saturated rings. The van der Waals surface area contributed by atoms with Crippen LogP contribution in [0, 0.1) is 12.7 Å². The van der Waals surface area contributed by atoms with Crippen molar-refractivity contribution in [2.45, 2.75) is 56.8 Å². The Labute approximate surface area is 263 Å². The molecule has 3 aromatic carbocycles. The predicted molar refractivity (Wildman–Crippen MR) is 175 cm³/mol. The van der Waals surface area contributed by atoms with Crippen molar-refractivity contribution < 1.29 is 9.18 Å². The average molecular weight is 624 g/mol. The van der Waals surface area contributed by atoms with Crippen molar-refractivity contribution in [3.8, 4) is 0 Å². The van der Waals surface area contributed by atoms with Crippen LogP contribution in [0.5, 0.6) is 0 Å². The fourth-order valence-electron chi connectivity index (χ4n) is 6.38. The van der Waals surface area contributed by atoms with E-state index < -0.39 is 0 Å². The zero-order valence-corrected chi connectivity index (χ0v) is 25.9. The van der Waals surface area contributed by atoms with Gasteiger partial charge in [0, 0.05) is 42.3 Å². The standard InChI is InChI=1S/C34H34FN7O2S/c1-22-13-14-28-25(20-22)31-32(41(28)21-23-8-2-3-9-26(23)35)37-33(39-38-31)45-19-7-6-12-30(43)40-17-15-24(16-18-40)42-29-11-5-4-10-27(29)36-34(42)44/h2-5,8-11,13-14,20,24H,6-7,12,15-19,21H2,1H3,(H,36,44). The number of aromatic amines is 1. The van der Waals surface area contributed by atoms with E-state index in [0.29, 0.717) is 47.9 Å². The Morgan fingerprint density at radius 3 is 2.64 bits per heavy atom. The highest BCUT2D eigenvalue weighted by Crippen LogP contribution is 2.30. The van der Waals surface area contributed by atoms with Crippen molar-refractivity contribution in [2.75, 3.05) is 18.8 Å². The number of unbranched alkanes of at least 4 members (excludes halogenated alkanes) is 1. The second-order valence-electron chi connectivity index (χ2n) is 11.7. The van der Waals surface area contributed by atoms with Crippen LogP contribution in [0.3, 0.4) is 0 Å². The van der Waals surface area contributed by atoms with Gasteiger partial charge >= 0.3 is 5.69 Å². The number of aryl methyl sites for hydroxylation is 1. The van der Waals surface area contributed by atoms with E-state index in [9.17, 15) is 14.0 Å². The summed E-state index contributed by atoms with van der Waals surface area (Å²) in [4.78, 5) is 35.3. The smallest absolute Gasteiger partial charge is 0.326 e. The van der Waals surface area contributed by atoms with E-state index in [1.54, 1.807) is 12.1 Å². The Bertz CT molecular complexity index is 2080. The van der Waals surface area contributed by atoms with Gasteiger partial charge in [-0.25, -0.2) is 14.2 Å². The maximum absolute atomic E-state index is 14.6. The van der Waals surface area contributed by atoms with Gasteiger partial charge in [0.1, 0.15) is 11.3 Å². The number of benzene rings is 3. The summed E-state index contributed by atoms with van der Waals surface area (Å²) in [6.45, 7) is 3.69. The van der Waals surface area contributed by atoms with Crippen molar-refractivity contribution in [2.24, 2.45) is 0 Å². The van der Waals surface area contributed by atoms with Crippen LogP contribution in [0.1, 0.15) is 49.3 Å². The molecule has 0 aliphatic carbocycles. The molecule has 0 spiro atoms. The number of para-hydroxylation sites is 2. The monoisotopic (exact) mass is 623 g/mol. The first-order chi connectivity index (χ1) is 22.0. The molecule has 4 heterocycles. The molecule has 1 saturated heterocycles. The topological polar surface area (TPSA) is 102 Å². The normalized spacial score (nSPS) is 14.2. The lowest BCUT2D eigenvalue weighted by Gasteiger charge is -2.32. The molecule has 6 aromatic rings. The van der Waals surface area contributed by atoms with Crippen LogP contribution in [-0.4, -0.2) is 58.9 Å². The molecular formula is C34H34FN7O2S. The molecule has 0 bridgehead atoms. The van der Waals surface area contributed by atoms with Gasteiger partial charge in [0.2, 0.25) is 11.1 Å². The fraction of sp³-hybridized carbons (Fsp3) is 0.324. The first-order valence-electron chi connectivity index (χ1n) is 15.4. The van der Waals surface area contributed by atoms with Gasteiger partial charge in [0.05, 0.1) is 23.1 Å². The Morgan fingerprint density at radius 2 is 1.80 bits per heavy atom. The lowest BCUT2D eigenvalue weighted by molar-refractivity contribution is -0.132. The molecule has 1 aliphatic heterocycles. The quantitative estimate of drug-likeness (QED) is 0.151. The Balaban J connectivity index is 0.950. The number of nitrogens with zero attached hydrogens (tertiary/aromatic N) is 6. The van der Waals surface area contributed by atoms with Crippen molar-refractivity contribution in [1.82, 2.24) is 34.2 Å². The first kappa shape index (κ1) is 29.2. The number of piperidine rings is 1. The number of nitrogens with one attached hydrogen (secondary N) is 1. The maximum Gasteiger partial charge on any atom is 0.326 e. The van der Waals surface area contributed by atoms with E-state index in [2.05, 4.69) is 21.2 Å². The molecule has 0 saturated carbocycles. The maximum atomic E-state index is 14.6. The number of imidazole rings is 1. The number of likely N-dealkylation sites (tertiary alicyclic amines) is 1. The third-order valence-electron chi connectivity index (χ3n) is 8.71. The van der Waals surface area contributed by atoms with Gasteiger partial charge in [-0.05, 0) is 62.9 Å². The van der Waals surface area contributed by atoms with Crippen molar-refractivity contribution in [1.29, 1.82) is 0 Å². The van der Waals surface area contributed by atoms with Crippen molar-refractivity contribution in [3.05, 3.63) is 94.2 Å². The van der Waals surface area contributed by atoms with E-state index in [1.807, 2.05) is 63.4 Å². The highest BCUT2D eigenvalue weighted by molar-refractivity contribution is 7.99. The van der Waals surface area contributed by atoms with Gasteiger partial charge in [0.15, 0.2) is 5.65 Å². The van der Waals surface area contributed by atoms with Gasteiger partial charge in [-0.3, -0.25) is 9.36 Å². The number of aromatic nitrogens is 6. The Morgan fingerprint density at radius 1 is 1.00 bits per heavy atom. The summed E-state index contributed by atoms with van der Waals surface area (Å²) < 4.78 is 18.4. The molecule has 9 nitrogen and oxygen atoms in total. The van der Waals surface area contributed by atoms with Crippen LogP contribution in [-0.2, 0) is 11.3 Å². The van der Waals surface area contributed by atoms with E-state index in [4.69, 9.17) is 4.98 Å². The zero-order chi connectivity index (χ0) is 30.9. The highest BCUT2D eigenvalue weighted by Gasteiger charge is 2.26. The third-order valence-corrected chi connectivity index (χ3v) is 9.64. The lowest BCUT2D eigenvalue weighted by atomic mass is 10.0. The number of halogens is 1. The highest BCUT2D eigenvalue weighted by atomic mass is 32.2. The Hall–Kier alpha value is -4.51. The van der Waals surface area contributed by atoms with Gasteiger partial charge < -0.3 is 14.5 Å². The fourth-order valence-corrected chi connectivity index (χ4v) is 7.16. The number of H-pyrrole nitrogens is 1. The molecule has 0 unspecified atom stereocenters. The van der Waals surface area contributed by atoms with Gasteiger partial charge in [-0.2, -0.15) is 0 Å². The molecule has 11 heteroatoms. The minimum absolute atomic E-state index is 0.0848. The number of hydrogen-bond donors (Lipinski definition) is 1. The minimum atomic E-state index is -0.250. The van der Waals surface area contributed by atoms with E-state index >= 15 is 0 Å². The van der Waals surface area contributed by atoms with Crippen molar-refractivity contribution >= 4 is 50.8 Å². The second-order valence-corrected chi connectivity index (χ2v) is 12.8. The van der Waals surface area contributed by atoms with Gasteiger partial charge in [0.25, 0.3) is 0 Å². The summed E-state index contributed by atoms with van der Waals surface area (Å²) in [6, 6.07) is 20.8. The molecule has 45 heavy (non-hydrogen) atoms. The SMILES string of the molecule is Cc1ccc2c(c1)c1nnc(SCCCCC(=O)N3CCC(n4c(=O)[nH]c5ccccc54)CC3)nc1n2Cc1ccccc1F. The molecule has 1 aliphatic rings. The number of thioether (sulfide) groups is 1. The minimum Gasteiger partial charge on any atom is -0.343 e. The summed E-state index contributed by atoms with van der Waals surface area (Å²) in [5, 5.41) is 10.5. The number of amides is 1. The second kappa shape index (κ2) is 12.5. The van der Waals surface area contributed by atoms with Gasteiger partial charge in [-0.1, -0.05) is 53.7 Å². The number of rotatable bonds is 9. The zero-order valence-electron chi connectivity index (χ0n) is 25.1. The lowest BCUT2D eigenvalue weighted by Crippen LogP contribution is -2.40. The van der Waals surface area contributed by atoms with Crippen LogP contribution >= 0.6 is 11.8 Å². The number of carbonyl (C=O) groups is 1. The predicted octanol–water partition coefficient (Wildman–Crippen LogP) is 6.24. The molecule has 0 atom stereocenters. The molecule has 7 rings (SSSR count). The molecule has 1 amide bonds. The molecule has 3 aromatic heterocycles. The van der Waals surface area contributed by atoms with E-state index in [1.165, 1.54) is 17.8 Å². The van der Waals surface area contributed by atoms with Crippen LogP contribution in [0.15, 0.2) is 76.7 Å². The molecule has 1 N–H and O–H groups in total. The van der Waals surface area contributed by atoms with Crippen molar-refractivity contribution in [3.63, 3.8) is 0 Å². The third kappa shape index (κ3) is 5.84. The summed E-state index contributed by atoms with van der Waals surface area (Å²) in [6.07, 6.45) is 3.64. The largest absolute Gasteiger partial charge is 0.343 e. The number of hydrogen-bond acceptors (Lipinski definition) is 6. The number of fused-ring (bicyclic) bond motifs is 4. The Kier molecular flexibility index (Phi) is 8.10. The average Bonchev–Trinajstić information content (AvgIpc) is 3.54. The van der Waals surface area contributed by atoms with E-state index in [0.717, 1.165) is 58.9 Å².